The first-order valence-electron chi connectivity index (χ1n) is 6.86. The lowest BCUT2D eigenvalue weighted by Crippen LogP contribution is -2.24. The van der Waals surface area contributed by atoms with Crippen molar-refractivity contribution < 1.29 is 0 Å². The van der Waals surface area contributed by atoms with Crippen LogP contribution in [0.4, 0.5) is 0 Å². The van der Waals surface area contributed by atoms with E-state index in [0.29, 0.717) is 13.1 Å². The van der Waals surface area contributed by atoms with Crippen molar-refractivity contribution in [3.8, 4) is 0 Å². The summed E-state index contributed by atoms with van der Waals surface area (Å²) < 4.78 is 5.64. The average Bonchev–Trinajstić information content (AvgIpc) is 2.98. The molecule has 0 radical (unpaired) electrons. The van der Waals surface area contributed by atoms with Crippen LogP contribution in [0.1, 0.15) is 12.7 Å². The summed E-state index contributed by atoms with van der Waals surface area (Å²) in [5.74, 6) is 0.991. The van der Waals surface area contributed by atoms with Gasteiger partial charge in [-0.15, -0.1) is 0 Å². The van der Waals surface area contributed by atoms with Crippen molar-refractivity contribution in [3.05, 3.63) is 53.0 Å². The molecular formula is C15H18N4O. The van der Waals surface area contributed by atoms with E-state index in [1.54, 1.807) is 6.20 Å². The standard InChI is InChI=1S/C15H18N4O/c1-3-18-12-6-4-5-7-13(12)19(15(18)20)10-8-14-16-9-11-17(14)2/h4-7,9,11H,3,8,10H2,1-2H3. The van der Waals surface area contributed by atoms with Crippen LogP contribution >= 0.6 is 0 Å². The van der Waals surface area contributed by atoms with E-state index in [1.807, 2.05) is 58.1 Å². The van der Waals surface area contributed by atoms with E-state index in [-0.39, 0.29) is 5.69 Å². The van der Waals surface area contributed by atoms with Crippen molar-refractivity contribution in [2.24, 2.45) is 7.05 Å². The van der Waals surface area contributed by atoms with Gasteiger partial charge in [0, 0.05) is 39.0 Å². The summed E-state index contributed by atoms with van der Waals surface area (Å²) in [5, 5.41) is 0. The number of rotatable bonds is 4. The second-order valence-electron chi connectivity index (χ2n) is 4.87. The summed E-state index contributed by atoms with van der Waals surface area (Å²) in [7, 11) is 1.97. The molecule has 0 unspecified atom stereocenters. The van der Waals surface area contributed by atoms with Crippen LogP contribution in [-0.2, 0) is 26.6 Å². The van der Waals surface area contributed by atoms with Crippen LogP contribution in [0.3, 0.4) is 0 Å². The Morgan fingerprint density at radius 3 is 2.45 bits per heavy atom. The Morgan fingerprint density at radius 2 is 1.85 bits per heavy atom. The number of fused-ring (bicyclic) bond motifs is 1. The number of hydrogen-bond donors (Lipinski definition) is 0. The molecule has 0 saturated carbocycles. The van der Waals surface area contributed by atoms with E-state index in [0.717, 1.165) is 23.3 Å². The molecule has 0 saturated heterocycles. The first kappa shape index (κ1) is 12.7. The molecular weight excluding hydrogens is 252 g/mol. The van der Waals surface area contributed by atoms with Crippen LogP contribution in [0.15, 0.2) is 41.5 Å². The Balaban J connectivity index is 2.01. The van der Waals surface area contributed by atoms with Gasteiger partial charge in [-0.2, -0.15) is 0 Å². The highest BCUT2D eigenvalue weighted by atomic mass is 16.1. The number of aryl methyl sites for hydroxylation is 4. The highest BCUT2D eigenvalue weighted by Gasteiger charge is 2.11. The molecule has 0 aliphatic heterocycles. The van der Waals surface area contributed by atoms with Gasteiger partial charge in [0.15, 0.2) is 0 Å². The van der Waals surface area contributed by atoms with Gasteiger partial charge in [0.1, 0.15) is 5.82 Å². The maximum atomic E-state index is 12.5. The van der Waals surface area contributed by atoms with Crippen LogP contribution in [0.5, 0.6) is 0 Å². The van der Waals surface area contributed by atoms with Gasteiger partial charge in [-0.25, -0.2) is 9.78 Å². The fraction of sp³-hybridized carbons (Fsp3) is 0.333. The van der Waals surface area contributed by atoms with Crippen molar-refractivity contribution in [3.63, 3.8) is 0 Å². The minimum atomic E-state index is 0.0582. The van der Waals surface area contributed by atoms with Crippen LogP contribution in [0.2, 0.25) is 0 Å². The number of para-hydroxylation sites is 2. The predicted octanol–water partition coefficient (Wildman–Crippen LogP) is 1.80. The number of hydrogen-bond acceptors (Lipinski definition) is 2. The molecule has 2 aromatic heterocycles. The normalized spacial score (nSPS) is 11.3. The van der Waals surface area contributed by atoms with Crippen LogP contribution in [0, 0.1) is 0 Å². The van der Waals surface area contributed by atoms with Gasteiger partial charge in [0.2, 0.25) is 0 Å². The number of nitrogens with zero attached hydrogens (tertiary/aromatic N) is 4. The van der Waals surface area contributed by atoms with Crippen LogP contribution in [-0.4, -0.2) is 18.7 Å². The summed E-state index contributed by atoms with van der Waals surface area (Å²) >= 11 is 0. The molecule has 3 rings (SSSR count). The van der Waals surface area contributed by atoms with Crippen LogP contribution < -0.4 is 5.69 Å². The topological polar surface area (TPSA) is 44.8 Å². The maximum absolute atomic E-state index is 12.5. The molecule has 0 amide bonds. The summed E-state index contributed by atoms with van der Waals surface area (Å²) in [6, 6.07) is 7.94. The van der Waals surface area contributed by atoms with Gasteiger partial charge < -0.3 is 4.57 Å². The van der Waals surface area contributed by atoms with E-state index in [9.17, 15) is 4.79 Å². The molecule has 5 nitrogen and oxygen atoms in total. The SMILES string of the molecule is CCn1c(=O)n(CCc2nccn2C)c2ccccc21. The van der Waals surface area contributed by atoms with Crippen molar-refractivity contribution in [1.82, 2.24) is 18.7 Å². The zero-order chi connectivity index (χ0) is 14.1. The third-order valence-electron chi connectivity index (χ3n) is 3.72. The van der Waals surface area contributed by atoms with Gasteiger partial charge in [-0.3, -0.25) is 9.13 Å². The summed E-state index contributed by atoms with van der Waals surface area (Å²) in [6.07, 6.45) is 4.46. The Kier molecular flexibility index (Phi) is 3.18. The molecule has 1 aromatic carbocycles. The Morgan fingerprint density at radius 1 is 1.15 bits per heavy atom. The number of imidazole rings is 2. The Hall–Kier alpha value is -2.30. The van der Waals surface area contributed by atoms with E-state index < -0.39 is 0 Å². The van der Waals surface area contributed by atoms with Gasteiger partial charge in [0.05, 0.1) is 11.0 Å². The molecule has 0 bridgehead atoms. The number of aromatic nitrogens is 4. The molecule has 0 atom stereocenters. The molecule has 0 aliphatic rings. The minimum absolute atomic E-state index is 0.0582. The first-order chi connectivity index (χ1) is 9.72. The molecule has 20 heavy (non-hydrogen) atoms. The summed E-state index contributed by atoms with van der Waals surface area (Å²) in [5.41, 5.74) is 2.05. The third kappa shape index (κ3) is 1.95. The molecule has 0 fully saturated rings. The Bertz CT molecular complexity index is 794. The zero-order valence-electron chi connectivity index (χ0n) is 11.8. The lowest BCUT2D eigenvalue weighted by Gasteiger charge is -2.03. The monoisotopic (exact) mass is 270 g/mol. The second-order valence-corrected chi connectivity index (χ2v) is 4.87. The lowest BCUT2D eigenvalue weighted by atomic mass is 10.3. The van der Waals surface area contributed by atoms with Gasteiger partial charge in [0.25, 0.3) is 0 Å². The minimum Gasteiger partial charge on any atom is -0.338 e. The lowest BCUT2D eigenvalue weighted by molar-refractivity contribution is 0.617. The van der Waals surface area contributed by atoms with Crippen molar-refractivity contribution >= 4 is 11.0 Å². The van der Waals surface area contributed by atoms with E-state index >= 15 is 0 Å². The van der Waals surface area contributed by atoms with Gasteiger partial charge in [-0.05, 0) is 19.1 Å². The predicted molar refractivity (Wildman–Crippen MR) is 78.8 cm³/mol. The molecule has 2 heterocycles. The van der Waals surface area contributed by atoms with E-state index in [4.69, 9.17) is 0 Å². The van der Waals surface area contributed by atoms with Crippen LogP contribution in [0.25, 0.3) is 11.0 Å². The van der Waals surface area contributed by atoms with Crippen molar-refractivity contribution in [2.45, 2.75) is 26.4 Å². The summed E-state index contributed by atoms with van der Waals surface area (Å²) in [6.45, 7) is 3.34. The quantitative estimate of drug-likeness (QED) is 0.725. The zero-order valence-corrected chi connectivity index (χ0v) is 11.8. The highest BCUT2D eigenvalue weighted by molar-refractivity contribution is 5.75. The molecule has 104 valence electrons. The Labute approximate surface area is 117 Å². The summed E-state index contributed by atoms with van der Waals surface area (Å²) in [4.78, 5) is 16.8. The smallest absolute Gasteiger partial charge is 0.329 e. The van der Waals surface area contributed by atoms with Crippen molar-refractivity contribution in [2.75, 3.05) is 0 Å². The van der Waals surface area contributed by atoms with Gasteiger partial charge in [-0.1, -0.05) is 12.1 Å². The molecule has 5 heteroatoms. The third-order valence-corrected chi connectivity index (χ3v) is 3.72. The highest BCUT2D eigenvalue weighted by Crippen LogP contribution is 2.13. The average molecular weight is 270 g/mol. The largest absolute Gasteiger partial charge is 0.338 e. The van der Waals surface area contributed by atoms with E-state index in [2.05, 4.69) is 4.98 Å². The van der Waals surface area contributed by atoms with Crippen molar-refractivity contribution in [1.29, 1.82) is 0 Å². The van der Waals surface area contributed by atoms with E-state index in [1.165, 1.54) is 0 Å². The molecule has 0 aliphatic carbocycles. The number of benzene rings is 1. The molecule has 0 N–H and O–H groups in total. The first-order valence-corrected chi connectivity index (χ1v) is 6.86. The second kappa shape index (κ2) is 5.00. The fourth-order valence-corrected chi connectivity index (χ4v) is 2.64. The molecule has 0 spiro atoms. The van der Waals surface area contributed by atoms with Gasteiger partial charge >= 0.3 is 5.69 Å². The fourth-order valence-electron chi connectivity index (χ4n) is 2.64. The molecule has 3 aromatic rings. The maximum Gasteiger partial charge on any atom is 0.329 e.